The van der Waals surface area contributed by atoms with Crippen LogP contribution in [0, 0.1) is 5.82 Å². The zero-order valence-corrected chi connectivity index (χ0v) is 21.4. The highest BCUT2D eigenvalue weighted by atomic mass is 35.5. The van der Waals surface area contributed by atoms with Gasteiger partial charge in [0.1, 0.15) is 17.3 Å². The number of carbonyl (C=O) groups excluding carboxylic acids is 2. The molecule has 1 saturated heterocycles. The van der Waals surface area contributed by atoms with Crippen molar-refractivity contribution in [3.63, 3.8) is 0 Å². The summed E-state index contributed by atoms with van der Waals surface area (Å²) in [4.78, 5) is 32.4. The fraction of sp³-hybridized carbons (Fsp3) is 0.179. The molecule has 1 aromatic heterocycles. The lowest BCUT2D eigenvalue weighted by Gasteiger charge is -2.23. The first-order valence-electron chi connectivity index (χ1n) is 11.7. The van der Waals surface area contributed by atoms with Crippen LogP contribution in [0.2, 0.25) is 5.02 Å². The van der Waals surface area contributed by atoms with Crippen LogP contribution in [-0.4, -0.2) is 28.4 Å². The summed E-state index contributed by atoms with van der Waals surface area (Å²) < 4.78 is 20.1. The van der Waals surface area contributed by atoms with E-state index in [9.17, 15) is 19.1 Å². The molecule has 0 spiro atoms. The van der Waals surface area contributed by atoms with Crippen LogP contribution < -0.4 is 9.64 Å². The Bertz CT molecular complexity index is 1520. The molecule has 2 heterocycles. The Balaban J connectivity index is 1.64. The van der Waals surface area contributed by atoms with E-state index in [-0.39, 0.29) is 16.5 Å². The van der Waals surface area contributed by atoms with Crippen LogP contribution >= 0.6 is 22.9 Å². The van der Waals surface area contributed by atoms with Crippen molar-refractivity contribution in [3.8, 4) is 5.75 Å². The molecular formula is C28H22ClFN2O4S. The molecule has 1 atom stereocenters. The second-order valence-corrected chi connectivity index (χ2v) is 10.0. The molecule has 0 radical (unpaired) electrons. The predicted molar refractivity (Wildman–Crippen MR) is 143 cm³/mol. The molecule has 188 valence electrons. The number of ether oxygens (including phenoxy) is 1. The zero-order chi connectivity index (χ0) is 26.1. The smallest absolute Gasteiger partial charge is 0.301 e. The van der Waals surface area contributed by atoms with Crippen LogP contribution in [0.15, 0.2) is 72.3 Å². The van der Waals surface area contributed by atoms with E-state index < -0.39 is 23.5 Å². The summed E-state index contributed by atoms with van der Waals surface area (Å²) in [6, 6.07) is 16.6. The van der Waals surface area contributed by atoms with Crippen LogP contribution in [0.1, 0.15) is 36.9 Å². The maximum atomic E-state index is 13.8. The van der Waals surface area contributed by atoms with Gasteiger partial charge in [0.05, 0.1) is 28.4 Å². The van der Waals surface area contributed by atoms with Crippen molar-refractivity contribution in [1.82, 2.24) is 4.98 Å². The average molecular weight is 537 g/mol. The number of amides is 1. The van der Waals surface area contributed by atoms with Crippen molar-refractivity contribution < 1.29 is 23.8 Å². The molecule has 1 amide bonds. The average Bonchev–Trinajstić information content (AvgIpc) is 3.42. The number of anilines is 1. The number of fused-ring (bicyclic) bond motifs is 1. The molecule has 0 saturated carbocycles. The first-order chi connectivity index (χ1) is 17.9. The molecule has 1 unspecified atom stereocenters. The van der Waals surface area contributed by atoms with Gasteiger partial charge in [0.15, 0.2) is 5.13 Å². The van der Waals surface area contributed by atoms with Gasteiger partial charge in [0.25, 0.3) is 5.78 Å². The number of unbranched alkanes of at least 4 members (excludes halogenated alkanes) is 1. The van der Waals surface area contributed by atoms with Crippen molar-refractivity contribution >= 4 is 55.7 Å². The lowest BCUT2D eigenvalue weighted by molar-refractivity contribution is -0.132. The maximum Gasteiger partial charge on any atom is 0.301 e. The Morgan fingerprint density at radius 2 is 1.84 bits per heavy atom. The number of hydrogen-bond donors (Lipinski definition) is 1. The van der Waals surface area contributed by atoms with E-state index in [0.717, 1.165) is 24.2 Å². The SMILES string of the molecule is CCCCOc1ccc(C2/C(=C(\O)c3ccc(Cl)cc3)C(=O)C(=O)N2c2nc3ccc(F)cc3s2)cc1. The number of Topliss-reactive ketones (excluding diaryl/α,β-unsaturated/α-hetero) is 1. The molecule has 0 bridgehead atoms. The third kappa shape index (κ3) is 4.82. The molecule has 4 aromatic rings. The molecular weight excluding hydrogens is 515 g/mol. The third-order valence-electron chi connectivity index (χ3n) is 6.07. The van der Waals surface area contributed by atoms with Crippen LogP contribution in [0.25, 0.3) is 16.0 Å². The van der Waals surface area contributed by atoms with Crippen molar-refractivity contribution in [1.29, 1.82) is 0 Å². The number of ketones is 1. The number of nitrogens with zero attached hydrogens (tertiary/aromatic N) is 2. The normalized spacial score (nSPS) is 17.1. The highest BCUT2D eigenvalue weighted by molar-refractivity contribution is 7.22. The minimum Gasteiger partial charge on any atom is -0.507 e. The lowest BCUT2D eigenvalue weighted by atomic mass is 9.95. The monoisotopic (exact) mass is 536 g/mol. The van der Waals surface area contributed by atoms with Crippen molar-refractivity contribution in [3.05, 3.63) is 94.3 Å². The number of carbonyl (C=O) groups is 2. The summed E-state index contributed by atoms with van der Waals surface area (Å²) in [5.74, 6) is -1.77. The molecule has 1 aliphatic rings. The van der Waals surface area contributed by atoms with Gasteiger partial charge in [0, 0.05) is 10.6 Å². The Morgan fingerprint density at radius 3 is 2.54 bits per heavy atom. The Morgan fingerprint density at radius 1 is 1.11 bits per heavy atom. The number of hydrogen-bond acceptors (Lipinski definition) is 6. The molecule has 37 heavy (non-hydrogen) atoms. The molecule has 1 aliphatic heterocycles. The van der Waals surface area contributed by atoms with Crippen LogP contribution in [0.5, 0.6) is 5.75 Å². The summed E-state index contributed by atoms with van der Waals surface area (Å²) in [5.41, 5.74) is 1.36. The van der Waals surface area contributed by atoms with Gasteiger partial charge < -0.3 is 9.84 Å². The van der Waals surface area contributed by atoms with Gasteiger partial charge in [-0.1, -0.05) is 48.4 Å². The van der Waals surface area contributed by atoms with Crippen LogP contribution in [-0.2, 0) is 9.59 Å². The Kier molecular flexibility index (Phi) is 6.95. The number of aliphatic hydroxyl groups excluding tert-OH is 1. The van der Waals surface area contributed by atoms with Crippen LogP contribution in [0.4, 0.5) is 9.52 Å². The fourth-order valence-corrected chi connectivity index (χ4v) is 5.32. The van der Waals surface area contributed by atoms with Gasteiger partial charge in [0.2, 0.25) is 0 Å². The second kappa shape index (κ2) is 10.3. The summed E-state index contributed by atoms with van der Waals surface area (Å²) in [5, 5.41) is 11.9. The van der Waals surface area contributed by atoms with Gasteiger partial charge >= 0.3 is 5.91 Å². The minimum absolute atomic E-state index is 0.0718. The predicted octanol–water partition coefficient (Wildman–Crippen LogP) is 6.89. The van der Waals surface area contributed by atoms with E-state index in [1.165, 1.54) is 23.1 Å². The Labute approximate surface area is 221 Å². The van der Waals surface area contributed by atoms with Crippen LogP contribution in [0.3, 0.4) is 0 Å². The minimum atomic E-state index is -0.953. The number of aliphatic hydroxyl groups is 1. The van der Waals surface area contributed by atoms with E-state index in [1.54, 1.807) is 48.5 Å². The van der Waals surface area contributed by atoms with E-state index in [0.29, 0.717) is 38.7 Å². The zero-order valence-electron chi connectivity index (χ0n) is 19.8. The molecule has 3 aromatic carbocycles. The first-order valence-corrected chi connectivity index (χ1v) is 12.9. The number of thiazole rings is 1. The molecule has 6 nitrogen and oxygen atoms in total. The quantitative estimate of drug-likeness (QED) is 0.120. The highest BCUT2D eigenvalue weighted by Gasteiger charge is 2.48. The van der Waals surface area contributed by atoms with Gasteiger partial charge in [-0.05, 0) is 66.6 Å². The summed E-state index contributed by atoms with van der Waals surface area (Å²) >= 11 is 7.09. The fourth-order valence-electron chi connectivity index (χ4n) is 4.18. The van der Waals surface area contributed by atoms with E-state index >= 15 is 0 Å². The highest BCUT2D eigenvalue weighted by Crippen LogP contribution is 2.44. The number of benzene rings is 3. The van der Waals surface area contributed by atoms with Crippen molar-refractivity contribution in [2.75, 3.05) is 11.5 Å². The largest absolute Gasteiger partial charge is 0.507 e. The maximum absolute atomic E-state index is 13.8. The van der Waals surface area contributed by atoms with Gasteiger partial charge in [-0.25, -0.2) is 9.37 Å². The summed E-state index contributed by atoms with van der Waals surface area (Å²) in [6.07, 6.45) is 1.92. The van der Waals surface area contributed by atoms with Gasteiger partial charge in [-0.15, -0.1) is 0 Å². The molecule has 0 aliphatic carbocycles. The molecule has 1 fully saturated rings. The molecule has 5 rings (SSSR count). The summed E-state index contributed by atoms with van der Waals surface area (Å²) in [7, 11) is 0. The molecule has 1 N–H and O–H groups in total. The second-order valence-electron chi connectivity index (χ2n) is 8.56. The van der Waals surface area contributed by atoms with Crippen molar-refractivity contribution in [2.24, 2.45) is 0 Å². The van der Waals surface area contributed by atoms with E-state index in [1.807, 2.05) is 0 Å². The van der Waals surface area contributed by atoms with E-state index in [4.69, 9.17) is 16.3 Å². The number of aromatic nitrogens is 1. The Hall–Kier alpha value is -3.75. The number of rotatable bonds is 7. The lowest BCUT2D eigenvalue weighted by Crippen LogP contribution is -2.29. The summed E-state index contributed by atoms with van der Waals surface area (Å²) in [6.45, 7) is 2.65. The number of halogens is 2. The van der Waals surface area contributed by atoms with Crippen molar-refractivity contribution in [2.45, 2.75) is 25.8 Å². The molecule has 9 heteroatoms. The van der Waals surface area contributed by atoms with Gasteiger partial charge in [-0.2, -0.15) is 0 Å². The van der Waals surface area contributed by atoms with Gasteiger partial charge in [-0.3, -0.25) is 14.5 Å². The standard InChI is InChI=1S/C28H22ClFN2O4S/c1-2-3-14-36-20-11-6-16(7-12-20)24-23(25(33)17-4-8-18(29)9-5-17)26(34)27(35)32(24)28-31-21-13-10-19(30)15-22(21)37-28/h4-13,15,24,33H,2-3,14H2,1H3/b25-23+. The van der Waals surface area contributed by atoms with E-state index in [2.05, 4.69) is 11.9 Å². The topological polar surface area (TPSA) is 79.7 Å². The third-order valence-corrected chi connectivity index (χ3v) is 7.34. The first kappa shape index (κ1) is 24.9.